The van der Waals surface area contributed by atoms with Crippen molar-refractivity contribution in [2.75, 3.05) is 13.1 Å². The summed E-state index contributed by atoms with van der Waals surface area (Å²) in [6.45, 7) is 11.8. The van der Waals surface area contributed by atoms with E-state index in [9.17, 15) is 0 Å². The molecule has 0 radical (unpaired) electrons. The summed E-state index contributed by atoms with van der Waals surface area (Å²) in [4.78, 5) is 0. The van der Waals surface area contributed by atoms with Gasteiger partial charge in [0.1, 0.15) is 0 Å². The Morgan fingerprint density at radius 1 is 1.20 bits per heavy atom. The molecule has 1 nitrogen and oxygen atoms in total. The molecule has 10 heavy (non-hydrogen) atoms. The quantitative estimate of drug-likeness (QED) is 0.613. The van der Waals surface area contributed by atoms with Crippen molar-refractivity contribution in [3.63, 3.8) is 0 Å². The fourth-order valence-electron chi connectivity index (χ4n) is 0.981. The van der Waals surface area contributed by atoms with Gasteiger partial charge in [-0.25, -0.2) is 0 Å². The first-order valence-corrected chi connectivity index (χ1v) is 7.85. The number of hydrogen-bond acceptors (Lipinski definition) is 1. The van der Waals surface area contributed by atoms with E-state index in [-0.39, 0.29) is 15.7 Å². The van der Waals surface area contributed by atoms with Crippen LogP contribution in [0.25, 0.3) is 0 Å². The van der Waals surface area contributed by atoms with E-state index in [2.05, 4.69) is 31.6 Å². The molecule has 0 saturated carbocycles. The molecular formula is C8H21GeN. The second kappa shape index (κ2) is 6.23. The van der Waals surface area contributed by atoms with Crippen molar-refractivity contribution in [3.05, 3.63) is 0 Å². The van der Waals surface area contributed by atoms with Gasteiger partial charge >= 0.3 is 71.5 Å². The summed E-state index contributed by atoms with van der Waals surface area (Å²) < 4.78 is 2.66. The van der Waals surface area contributed by atoms with Crippen LogP contribution >= 0.6 is 0 Å². The fourth-order valence-corrected chi connectivity index (χ4v) is 4.16. The van der Waals surface area contributed by atoms with Gasteiger partial charge in [-0.15, -0.1) is 0 Å². The molecule has 0 heterocycles. The van der Waals surface area contributed by atoms with Gasteiger partial charge in [0.15, 0.2) is 0 Å². The van der Waals surface area contributed by atoms with Gasteiger partial charge < -0.3 is 0 Å². The van der Waals surface area contributed by atoms with E-state index < -0.39 is 0 Å². The summed E-state index contributed by atoms with van der Waals surface area (Å²) in [6.07, 6.45) is 0. The number of nitrogens with zero attached hydrogens (tertiary/aromatic N) is 1. The summed E-state index contributed by atoms with van der Waals surface area (Å²) in [5.74, 6) is 0.931. The average Bonchev–Trinajstić information content (AvgIpc) is 1.90. The van der Waals surface area contributed by atoms with Gasteiger partial charge in [0, 0.05) is 0 Å². The Labute approximate surface area is 71.9 Å². The van der Waals surface area contributed by atoms with Crippen molar-refractivity contribution in [1.82, 2.24) is 3.86 Å². The predicted molar refractivity (Wildman–Crippen MR) is 51.1 cm³/mol. The van der Waals surface area contributed by atoms with Crippen LogP contribution < -0.4 is 0 Å². The van der Waals surface area contributed by atoms with Gasteiger partial charge in [-0.3, -0.25) is 0 Å². The summed E-state index contributed by atoms with van der Waals surface area (Å²) in [5, 5.41) is 1.52. The van der Waals surface area contributed by atoms with E-state index in [1.165, 1.54) is 18.3 Å². The van der Waals surface area contributed by atoms with Crippen molar-refractivity contribution >= 4 is 15.7 Å². The van der Waals surface area contributed by atoms with Gasteiger partial charge in [0.05, 0.1) is 0 Å². The van der Waals surface area contributed by atoms with Crippen LogP contribution in [0.3, 0.4) is 0 Å². The molecule has 0 aromatic rings. The standard InChI is InChI=1S/C8H21GeN/c1-5-10(6-2)9-7-8(3)4/h8H,5-7,9H2,1-4H3. The molecule has 0 unspecified atom stereocenters. The van der Waals surface area contributed by atoms with Crippen molar-refractivity contribution < 1.29 is 0 Å². The molecule has 0 atom stereocenters. The zero-order valence-electron chi connectivity index (χ0n) is 7.85. The molecule has 0 N–H and O–H groups in total. The van der Waals surface area contributed by atoms with Crippen LogP contribution in [0.2, 0.25) is 5.25 Å². The second-order valence-corrected chi connectivity index (χ2v) is 7.24. The molecule has 0 fully saturated rings. The maximum atomic E-state index is 2.66. The van der Waals surface area contributed by atoms with E-state index in [0.717, 1.165) is 5.92 Å². The Morgan fingerprint density at radius 2 is 1.70 bits per heavy atom. The van der Waals surface area contributed by atoms with E-state index in [1.807, 2.05) is 0 Å². The Hall–Kier alpha value is 0.503. The monoisotopic (exact) mass is 205 g/mol. The van der Waals surface area contributed by atoms with Crippen molar-refractivity contribution in [3.8, 4) is 0 Å². The molecule has 0 aliphatic carbocycles. The van der Waals surface area contributed by atoms with Crippen LogP contribution in [0, 0.1) is 5.92 Å². The van der Waals surface area contributed by atoms with E-state index in [4.69, 9.17) is 0 Å². The first-order valence-electron chi connectivity index (χ1n) is 4.43. The van der Waals surface area contributed by atoms with Gasteiger partial charge in [0.25, 0.3) is 0 Å². The van der Waals surface area contributed by atoms with Crippen LogP contribution in [0.5, 0.6) is 0 Å². The van der Waals surface area contributed by atoms with Gasteiger partial charge in [0.2, 0.25) is 0 Å². The predicted octanol–water partition coefficient (Wildman–Crippen LogP) is 1.49. The molecule has 2 heteroatoms. The SMILES string of the molecule is CC[N](CC)[GeH2][CH2]C(C)C. The van der Waals surface area contributed by atoms with E-state index >= 15 is 0 Å². The molecule has 62 valence electrons. The van der Waals surface area contributed by atoms with Gasteiger partial charge in [-0.1, -0.05) is 0 Å². The second-order valence-electron chi connectivity index (χ2n) is 3.21. The van der Waals surface area contributed by atoms with E-state index in [0.29, 0.717) is 0 Å². The molecule has 0 rings (SSSR count). The summed E-state index contributed by atoms with van der Waals surface area (Å²) >= 11 is -0.294. The fraction of sp³-hybridized carbons (Fsp3) is 1.00. The Kier molecular flexibility index (Phi) is 6.54. The molecular weight excluding hydrogens is 183 g/mol. The van der Waals surface area contributed by atoms with Crippen LogP contribution in [-0.2, 0) is 0 Å². The molecule has 0 bridgehead atoms. The molecule has 0 aliphatic rings. The van der Waals surface area contributed by atoms with Crippen LogP contribution in [-0.4, -0.2) is 32.6 Å². The summed E-state index contributed by atoms with van der Waals surface area (Å²) in [7, 11) is 0. The summed E-state index contributed by atoms with van der Waals surface area (Å²) in [6, 6.07) is 0. The van der Waals surface area contributed by atoms with Crippen LogP contribution in [0.15, 0.2) is 0 Å². The van der Waals surface area contributed by atoms with Crippen LogP contribution in [0.4, 0.5) is 0 Å². The third kappa shape index (κ3) is 5.30. The topological polar surface area (TPSA) is 3.24 Å². The van der Waals surface area contributed by atoms with Gasteiger partial charge in [-0.2, -0.15) is 0 Å². The molecule has 0 amide bonds. The summed E-state index contributed by atoms with van der Waals surface area (Å²) in [5.41, 5.74) is 0. The average molecular weight is 204 g/mol. The zero-order valence-corrected chi connectivity index (χ0v) is 10.8. The Balaban J connectivity index is 3.26. The van der Waals surface area contributed by atoms with Gasteiger partial charge in [-0.05, 0) is 0 Å². The molecule has 0 aromatic heterocycles. The van der Waals surface area contributed by atoms with Crippen molar-refractivity contribution in [2.45, 2.75) is 32.9 Å². The third-order valence-corrected chi connectivity index (χ3v) is 8.08. The molecule has 0 aromatic carbocycles. The van der Waals surface area contributed by atoms with Crippen molar-refractivity contribution in [2.24, 2.45) is 5.92 Å². The first kappa shape index (κ1) is 10.5. The molecule has 0 spiro atoms. The molecule has 0 aliphatic heterocycles. The minimum atomic E-state index is -0.294. The Bertz CT molecular complexity index is 69.7. The number of rotatable bonds is 5. The normalized spacial score (nSPS) is 12.6. The first-order chi connectivity index (χ1) is 4.70. The maximum absolute atomic E-state index is 2.66. The van der Waals surface area contributed by atoms with Crippen molar-refractivity contribution in [1.29, 1.82) is 0 Å². The minimum absolute atomic E-state index is 0.294. The third-order valence-electron chi connectivity index (χ3n) is 1.92. The van der Waals surface area contributed by atoms with Crippen LogP contribution in [0.1, 0.15) is 27.7 Å². The zero-order chi connectivity index (χ0) is 7.98. The Morgan fingerprint density at radius 3 is 2.00 bits per heavy atom. The molecule has 0 saturated heterocycles. The van der Waals surface area contributed by atoms with E-state index in [1.54, 1.807) is 0 Å². The number of hydrogen-bond donors (Lipinski definition) is 0.